The Labute approximate surface area is 125 Å². The third kappa shape index (κ3) is 3.35. The van der Waals surface area contributed by atoms with E-state index in [4.69, 9.17) is 11.6 Å². The molecule has 0 bridgehead atoms. The van der Waals surface area contributed by atoms with E-state index in [0.29, 0.717) is 0 Å². The lowest BCUT2D eigenvalue weighted by molar-refractivity contribution is 0.606. The maximum Gasteiger partial charge on any atom is 0.0686 e. The normalized spacial score (nSPS) is 12.6. The largest absolute Gasteiger partial charge is 0.306 e. The molecule has 1 N–H and O–H groups in total. The van der Waals surface area contributed by atoms with Crippen molar-refractivity contribution in [1.82, 2.24) is 5.32 Å². The molecule has 1 atom stereocenters. The third-order valence-corrected chi connectivity index (χ3v) is 4.60. The van der Waals surface area contributed by atoms with Gasteiger partial charge >= 0.3 is 0 Å². The van der Waals surface area contributed by atoms with Crippen LogP contribution in [-0.2, 0) is 0 Å². The molecule has 1 aromatic heterocycles. The van der Waals surface area contributed by atoms with Crippen molar-refractivity contribution in [2.24, 2.45) is 0 Å². The minimum absolute atomic E-state index is 0.176. The average molecular weight is 345 g/mol. The Morgan fingerprint density at radius 1 is 1.39 bits per heavy atom. The van der Waals surface area contributed by atoms with Crippen molar-refractivity contribution in [3.63, 3.8) is 0 Å². The fourth-order valence-electron chi connectivity index (χ4n) is 1.85. The second kappa shape index (κ2) is 6.71. The molecule has 0 fully saturated rings. The lowest BCUT2D eigenvalue weighted by atomic mass is 10.1. The smallest absolute Gasteiger partial charge is 0.0686 e. The summed E-state index contributed by atoms with van der Waals surface area (Å²) in [7, 11) is 0. The summed E-state index contributed by atoms with van der Waals surface area (Å²) >= 11 is 11.5. The standard InChI is InChI=1S/C14H15BrClNS/c1-2-7-17-13(14-12(16)6-8-18-14)10-4-3-5-11(15)9-10/h3-6,8-9,13,17H,2,7H2,1H3. The van der Waals surface area contributed by atoms with Gasteiger partial charge in [0.1, 0.15) is 0 Å². The van der Waals surface area contributed by atoms with E-state index in [1.807, 2.05) is 17.5 Å². The fraction of sp³-hybridized carbons (Fsp3) is 0.286. The van der Waals surface area contributed by atoms with Gasteiger partial charge in [-0.3, -0.25) is 0 Å². The maximum atomic E-state index is 6.26. The van der Waals surface area contributed by atoms with Crippen LogP contribution in [0.25, 0.3) is 0 Å². The molecule has 1 unspecified atom stereocenters. The van der Waals surface area contributed by atoms with Crippen molar-refractivity contribution in [1.29, 1.82) is 0 Å². The average Bonchev–Trinajstić information content (AvgIpc) is 2.77. The van der Waals surface area contributed by atoms with Crippen molar-refractivity contribution in [3.8, 4) is 0 Å². The highest BCUT2D eigenvalue weighted by Gasteiger charge is 2.17. The van der Waals surface area contributed by atoms with E-state index >= 15 is 0 Å². The minimum Gasteiger partial charge on any atom is -0.306 e. The molecule has 1 heterocycles. The predicted molar refractivity (Wildman–Crippen MR) is 83.6 cm³/mol. The molecule has 0 radical (unpaired) electrons. The first kappa shape index (κ1) is 14.1. The Morgan fingerprint density at radius 2 is 2.22 bits per heavy atom. The number of thiophene rings is 1. The molecular weight excluding hydrogens is 330 g/mol. The van der Waals surface area contributed by atoms with E-state index in [-0.39, 0.29) is 6.04 Å². The van der Waals surface area contributed by atoms with E-state index < -0.39 is 0 Å². The Hall–Kier alpha value is -0.350. The Morgan fingerprint density at radius 3 is 2.83 bits per heavy atom. The number of benzene rings is 1. The summed E-state index contributed by atoms with van der Waals surface area (Å²) in [6.45, 7) is 3.15. The summed E-state index contributed by atoms with van der Waals surface area (Å²) in [5.41, 5.74) is 1.24. The summed E-state index contributed by atoms with van der Waals surface area (Å²) in [5, 5.41) is 6.44. The molecular formula is C14H15BrClNS. The molecule has 2 rings (SSSR count). The van der Waals surface area contributed by atoms with E-state index in [9.17, 15) is 0 Å². The summed E-state index contributed by atoms with van der Waals surface area (Å²) in [6, 6.07) is 10.5. The molecule has 2 aromatic rings. The van der Waals surface area contributed by atoms with Gasteiger partial charge in [0.05, 0.1) is 11.1 Å². The van der Waals surface area contributed by atoms with E-state index in [1.165, 1.54) is 10.4 Å². The van der Waals surface area contributed by atoms with Crippen LogP contribution in [-0.4, -0.2) is 6.54 Å². The van der Waals surface area contributed by atoms with Gasteiger partial charge in [-0.1, -0.05) is 46.6 Å². The zero-order valence-electron chi connectivity index (χ0n) is 10.1. The van der Waals surface area contributed by atoms with Crippen LogP contribution in [0.1, 0.15) is 29.8 Å². The van der Waals surface area contributed by atoms with Gasteiger partial charge in [0.25, 0.3) is 0 Å². The minimum atomic E-state index is 0.176. The van der Waals surface area contributed by atoms with Gasteiger partial charge in [-0.2, -0.15) is 0 Å². The van der Waals surface area contributed by atoms with Crippen LogP contribution in [0.2, 0.25) is 5.02 Å². The van der Waals surface area contributed by atoms with Crippen LogP contribution in [0, 0.1) is 0 Å². The van der Waals surface area contributed by atoms with Crippen LogP contribution < -0.4 is 5.32 Å². The summed E-state index contributed by atoms with van der Waals surface area (Å²) < 4.78 is 1.09. The molecule has 0 spiro atoms. The van der Waals surface area contributed by atoms with Crippen molar-refractivity contribution >= 4 is 38.9 Å². The molecule has 0 amide bonds. The zero-order chi connectivity index (χ0) is 13.0. The van der Waals surface area contributed by atoms with Crippen LogP contribution in [0.4, 0.5) is 0 Å². The van der Waals surface area contributed by atoms with Crippen molar-refractivity contribution in [2.75, 3.05) is 6.54 Å². The van der Waals surface area contributed by atoms with Gasteiger partial charge in [-0.25, -0.2) is 0 Å². The van der Waals surface area contributed by atoms with Crippen LogP contribution >= 0.6 is 38.9 Å². The highest BCUT2D eigenvalue weighted by Crippen LogP contribution is 2.33. The Balaban J connectivity index is 2.33. The molecule has 96 valence electrons. The van der Waals surface area contributed by atoms with E-state index in [2.05, 4.69) is 46.4 Å². The molecule has 4 heteroatoms. The molecule has 0 aliphatic rings. The van der Waals surface area contributed by atoms with E-state index in [1.54, 1.807) is 11.3 Å². The van der Waals surface area contributed by atoms with E-state index in [0.717, 1.165) is 22.5 Å². The first-order chi connectivity index (χ1) is 8.72. The van der Waals surface area contributed by atoms with Gasteiger partial charge in [0.2, 0.25) is 0 Å². The number of hydrogen-bond acceptors (Lipinski definition) is 2. The quantitative estimate of drug-likeness (QED) is 0.781. The number of hydrogen-bond donors (Lipinski definition) is 1. The highest BCUT2D eigenvalue weighted by molar-refractivity contribution is 9.10. The Bertz CT molecular complexity index is 512. The number of nitrogens with one attached hydrogen (secondary N) is 1. The molecule has 0 saturated heterocycles. The van der Waals surface area contributed by atoms with Gasteiger partial charge in [0, 0.05) is 9.35 Å². The maximum absolute atomic E-state index is 6.26. The van der Waals surface area contributed by atoms with Crippen LogP contribution in [0.3, 0.4) is 0 Å². The van der Waals surface area contributed by atoms with Crippen molar-refractivity contribution in [3.05, 3.63) is 55.6 Å². The first-order valence-electron chi connectivity index (χ1n) is 5.94. The molecule has 0 aliphatic heterocycles. The van der Waals surface area contributed by atoms with Crippen molar-refractivity contribution < 1.29 is 0 Å². The van der Waals surface area contributed by atoms with Gasteiger partial charge in [-0.15, -0.1) is 11.3 Å². The molecule has 0 saturated carbocycles. The van der Waals surface area contributed by atoms with Gasteiger partial charge in [-0.05, 0) is 42.1 Å². The second-order valence-electron chi connectivity index (χ2n) is 4.07. The molecule has 18 heavy (non-hydrogen) atoms. The van der Waals surface area contributed by atoms with Crippen LogP contribution in [0.15, 0.2) is 40.2 Å². The molecule has 0 aliphatic carbocycles. The lowest BCUT2D eigenvalue weighted by Crippen LogP contribution is -2.22. The predicted octanol–water partition coefficient (Wildman–Crippen LogP) is 5.25. The topological polar surface area (TPSA) is 12.0 Å². The number of halogens is 2. The fourth-order valence-corrected chi connectivity index (χ4v) is 3.53. The zero-order valence-corrected chi connectivity index (χ0v) is 13.3. The Kier molecular flexibility index (Phi) is 5.25. The lowest BCUT2D eigenvalue weighted by Gasteiger charge is -2.18. The SMILES string of the molecule is CCCNC(c1cccc(Br)c1)c1sccc1Cl. The van der Waals surface area contributed by atoms with Gasteiger partial charge < -0.3 is 5.32 Å². The number of rotatable bonds is 5. The summed E-state index contributed by atoms with van der Waals surface area (Å²) in [5.74, 6) is 0. The summed E-state index contributed by atoms with van der Waals surface area (Å²) in [6.07, 6.45) is 1.10. The van der Waals surface area contributed by atoms with Gasteiger partial charge in [0.15, 0.2) is 0 Å². The monoisotopic (exact) mass is 343 g/mol. The summed E-state index contributed by atoms with van der Waals surface area (Å²) in [4.78, 5) is 1.18. The molecule has 1 nitrogen and oxygen atoms in total. The molecule has 1 aromatic carbocycles. The first-order valence-corrected chi connectivity index (χ1v) is 7.99. The van der Waals surface area contributed by atoms with Crippen LogP contribution in [0.5, 0.6) is 0 Å². The third-order valence-electron chi connectivity index (χ3n) is 2.69. The van der Waals surface area contributed by atoms with Crippen molar-refractivity contribution in [2.45, 2.75) is 19.4 Å². The highest BCUT2D eigenvalue weighted by atomic mass is 79.9. The second-order valence-corrected chi connectivity index (χ2v) is 6.35.